The van der Waals surface area contributed by atoms with Crippen LogP contribution in [0.1, 0.15) is 101 Å². The zero-order valence-electron chi connectivity index (χ0n) is 35.6. The number of carbonyl (C=O) groups excluding carboxylic acids is 3. The van der Waals surface area contributed by atoms with E-state index in [-0.39, 0.29) is 61.7 Å². The molecule has 12 nitrogen and oxygen atoms in total. The molecule has 8 rings (SSSR count). The van der Waals surface area contributed by atoms with E-state index >= 15 is 0 Å². The number of carbonyl (C=O) groups is 3. The molecule has 2 aliphatic heterocycles. The van der Waals surface area contributed by atoms with Gasteiger partial charge in [-0.3, -0.25) is 19.1 Å². The Hall–Kier alpha value is -4.66. The van der Waals surface area contributed by atoms with E-state index in [9.17, 15) is 22.8 Å². The van der Waals surface area contributed by atoms with Crippen molar-refractivity contribution in [3.63, 3.8) is 0 Å². The van der Waals surface area contributed by atoms with Crippen LogP contribution in [0.25, 0.3) is 21.6 Å². The molecule has 61 heavy (non-hydrogen) atoms. The molecular formula is C47H56N4O8S2. The summed E-state index contributed by atoms with van der Waals surface area (Å²) in [6.07, 6.45) is 9.01. The van der Waals surface area contributed by atoms with E-state index in [1.165, 1.54) is 18.4 Å². The average Bonchev–Trinajstić information content (AvgIpc) is 4.07. The van der Waals surface area contributed by atoms with Crippen LogP contribution in [-0.2, 0) is 35.6 Å². The second-order valence-electron chi connectivity index (χ2n) is 17.6. The number of ether oxygens (including phenoxy) is 3. The lowest BCUT2D eigenvalue weighted by Gasteiger charge is -2.29. The SMILES string of the molecule is COc1ccc2c(O[C@@H]3C[C@H]4C(=O)C[C@]5(C(=O)NS(=O)(=O)C6(OC)CC6)C[C@H]5/C=C\CCCCC[C@H](Cc5ccccc5)C(=O)N4C3)cc(-c3nc(C(C)C)cs3)nc2c1C. The van der Waals surface area contributed by atoms with Crippen LogP contribution < -0.4 is 14.2 Å². The molecule has 2 aromatic heterocycles. The second-order valence-corrected chi connectivity index (χ2v) is 20.4. The minimum Gasteiger partial charge on any atom is -0.496 e. The number of Topliss-reactive ketones (excluding diaryl/α,β-unsaturated/α-hetero) is 1. The number of pyridine rings is 1. The average molecular weight is 869 g/mol. The molecule has 1 N–H and O–H groups in total. The Morgan fingerprint density at radius 2 is 1.82 bits per heavy atom. The molecule has 2 saturated carbocycles. The first-order valence-electron chi connectivity index (χ1n) is 21.5. The van der Waals surface area contributed by atoms with Gasteiger partial charge in [-0.2, -0.15) is 0 Å². The van der Waals surface area contributed by atoms with E-state index < -0.39 is 38.4 Å². The molecule has 4 aromatic rings. The number of hydrogen-bond acceptors (Lipinski definition) is 11. The summed E-state index contributed by atoms with van der Waals surface area (Å²) in [5.74, 6) is -0.304. The van der Waals surface area contributed by atoms with Gasteiger partial charge in [-0.15, -0.1) is 11.3 Å². The normalized spacial score (nSPS) is 25.9. The number of thiazole rings is 1. The Balaban J connectivity index is 1.15. The molecular weight excluding hydrogens is 813 g/mol. The van der Waals surface area contributed by atoms with Gasteiger partial charge in [-0.05, 0) is 81.4 Å². The number of aromatic nitrogens is 2. The zero-order chi connectivity index (χ0) is 43.1. The Kier molecular flexibility index (Phi) is 12.2. The summed E-state index contributed by atoms with van der Waals surface area (Å²) in [6, 6.07) is 14.8. The van der Waals surface area contributed by atoms with Crippen molar-refractivity contribution in [3.05, 3.63) is 82.9 Å². The van der Waals surface area contributed by atoms with Crippen LogP contribution in [0.2, 0.25) is 0 Å². The van der Waals surface area contributed by atoms with E-state index in [0.717, 1.165) is 52.9 Å². The highest BCUT2D eigenvalue weighted by molar-refractivity contribution is 7.91. The van der Waals surface area contributed by atoms with E-state index in [1.54, 1.807) is 12.0 Å². The Morgan fingerprint density at radius 3 is 2.52 bits per heavy atom. The van der Waals surface area contributed by atoms with Crippen LogP contribution in [0.5, 0.6) is 11.5 Å². The van der Waals surface area contributed by atoms with Crippen LogP contribution in [0.3, 0.4) is 0 Å². The number of benzene rings is 2. The fourth-order valence-electron chi connectivity index (χ4n) is 9.18. The standard InChI is InChI=1S/C47H56N4O8S2/c1-29(2)37-28-60-43(49-37)36-24-41(35-18-19-40(57-4)30(3)42(35)48-36)59-34-23-38-39(52)26-46(45(54)50-61(55,56)47(58-5)20-21-47)25-33(46)17-13-8-6-7-12-16-32(44(53)51(38)27-34)22-31-14-10-9-11-15-31/h9-11,13-15,17-19,24,28-29,32-34,38H,6-8,12,16,20-23,25-27H2,1-5H3,(H,50,54)/b17-13-/t32-,33-,34-,38+,46-/m1/s1. The van der Waals surface area contributed by atoms with Crippen LogP contribution in [0.15, 0.2) is 66.1 Å². The summed E-state index contributed by atoms with van der Waals surface area (Å²) >= 11 is 1.52. The molecule has 1 saturated heterocycles. The minimum absolute atomic E-state index is 0.115. The predicted octanol–water partition coefficient (Wildman–Crippen LogP) is 8.07. The smallest absolute Gasteiger partial charge is 0.264 e. The summed E-state index contributed by atoms with van der Waals surface area (Å²) in [5.41, 5.74) is 2.94. The highest BCUT2D eigenvalue weighted by atomic mass is 32.2. The first-order chi connectivity index (χ1) is 29.3. The molecule has 2 aliphatic carbocycles. The highest BCUT2D eigenvalue weighted by Crippen LogP contribution is 2.58. The number of hydrogen-bond donors (Lipinski definition) is 1. The summed E-state index contributed by atoms with van der Waals surface area (Å²) in [5, 5.41) is 3.56. The van der Waals surface area contributed by atoms with Gasteiger partial charge < -0.3 is 19.1 Å². The van der Waals surface area contributed by atoms with Crippen molar-refractivity contribution >= 4 is 49.9 Å². The molecule has 3 fully saturated rings. The highest BCUT2D eigenvalue weighted by Gasteiger charge is 2.63. The molecule has 14 heteroatoms. The number of sulfonamides is 1. The lowest BCUT2D eigenvalue weighted by Crippen LogP contribution is -2.47. The maximum Gasteiger partial charge on any atom is 0.264 e. The van der Waals surface area contributed by atoms with Gasteiger partial charge >= 0.3 is 0 Å². The first-order valence-corrected chi connectivity index (χ1v) is 23.9. The van der Waals surface area contributed by atoms with E-state index in [0.29, 0.717) is 42.0 Å². The fraction of sp³-hybridized carbons (Fsp3) is 0.511. The summed E-state index contributed by atoms with van der Waals surface area (Å²) in [6.45, 7) is 6.32. The van der Waals surface area contributed by atoms with E-state index in [1.807, 2.05) is 73.0 Å². The number of ketones is 1. The summed E-state index contributed by atoms with van der Waals surface area (Å²) in [7, 11) is -1.21. The lowest BCUT2D eigenvalue weighted by molar-refractivity contribution is -0.142. The van der Waals surface area contributed by atoms with Crippen molar-refractivity contribution < 1.29 is 37.0 Å². The van der Waals surface area contributed by atoms with Crippen molar-refractivity contribution in [1.82, 2.24) is 19.6 Å². The molecule has 5 atom stereocenters. The minimum atomic E-state index is -4.16. The van der Waals surface area contributed by atoms with Gasteiger partial charge in [0.05, 0.1) is 36.3 Å². The monoisotopic (exact) mass is 868 g/mol. The molecule has 0 spiro atoms. The molecule has 324 valence electrons. The Bertz CT molecular complexity index is 2450. The fourth-order valence-corrected chi connectivity index (χ4v) is 11.6. The van der Waals surface area contributed by atoms with Crippen molar-refractivity contribution in [3.8, 4) is 22.2 Å². The van der Waals surface area contributed by atoms with E-state index in [4.69, 9.17) is 24.2 Å². The number of rotatable bonds is 11. The van der Waals surface area contributed by atoms with Crippen LogP contribution >= 0.6 is 11.3 Å². The molecule has 0 bridgehead atoms. The third-order valence-corrected chi connectivity index (χ3v) is 16.1. The molecule has 0 unspecified atom stereocenters. The zero-order valence-corrected chi connectivity index (χ0v) is 37.3. The summed E-state index contributed by atoms with van der Waals surface area (Å²) < 4.78 is 47.1. The number of aryl methyl sites for hydroxylation is 1. The summed E-state index contributed by atoms with van der Waals surface area (Å²) in [4.78, 5) is 54.2. The Labute approximate surface area is 362 Å². The number of nitrogens with zero attached hydrogens (tertiary/aromatic N) is 3. The van der Waals surface area contributed by atoms with Crippen LogP contribution in [0.4, 0.5) is 0 Å². The maximum absolute atomic E-state index is 15.0. The van der Waals surface area contributed by atoms with Crippen molar-refractivity contribution in [2.45, 2.75) is 114 Å². The molecule has 4 aliphatic rings. The molecule has 2 amide bonds. The largest absolute Gasteiger partial charge is 0.496 e. The maximum atomic E-state index is 15.0. The number of allylic oxidation sites excluding steroid dienone is 2. The van der Waals surface area contributed by atoms with Gasteiger partial charge in [-0.25, -0.2) is 18.4 Å². The van der Waals surface area contributed by atoms with Gasteiger partial charge in [0, 0.05) is 48.3 Å². The Morgan fingerprint density at radius 1 is 1.03 bits per heavy atom. The van der Waals surface area contributed by atoms with Crippen LogP contribution in [-0.4, -0.2) is 78.7 Å². The molecule has 0 radical (unpaired) electrons. The quantitative estimate of drug-likeness (QED) is 0.146. The lowest BCUT2D eigenvalue weighted by atomic mass is 9.90. The second kappa shape index (κ2) is 17.2. The molecule has 4 heterocycles. The third-order valence-electron chi connectivity index (χ3n) is 13.2. The van der Waals surface area contributed by atoms with Gasteiger partial charge in [0.15, 0.2) is 10.7 Å². The van der Waals surface area contributed by atoms with Crippen LogP contribution in [0, 0.1) is 24.2 Å². The number of nitrogens with one attached hydrogen (secondary N) is 1. The topological polar surface area (TPSA) is 154 Å². The van der Waals surface area contributed by atoms with Gasteiger partial charge in [-0.1, -0.05) is 69.2 Å². The predicted molar refractivity (Wildman–Crippen MR) is 235 cm³/mol. The first kappa shape index (κ1) is 43.0. The van der Waals surface area contributed by atoms with E-state index in [2.05, 4.69) is 18.6 Å². The van der Waals surface area contributed by atoms with Gasteiger partial charge in [0.25, 0.3) is 10.0 Å². The van der Waals surface area contributed by atoms with Crippen molar-refractivity contribution in [1.29, 1.82) is 0 Å². The number of amides is 2. The van der Waals surface area contributed by atoms with Crippen molar-refractivity contribution in [2.75, 3.05) is 20.8 Å². The number of fused-ring (bicyclic) bond motifs is 3. The number of methoxy groups -OCH3 is 2. The third kappa shape index (κ3) is 8.60. The van der Waals surface area contributed by atoms with Crippen molar-refractivity contribution in [2.24, 2.45) is 17.3 Å². The van der Waals surface area contributed by atoms with Gasteiger partial charge in [0.2, 0.25) is 11.8 Å². The van der Waals surface area contributed by atoms with Gasteiger partial charge in [0.1, 0.15) is 28.3 Å². The molecule has 2 aromatic carbocycles.